The van der Waals surface area contributed by atoms with Crippen LogP contribution in [-0.4, -0.2) is 55.5 Å². The Morgan fingerprint density at radius 3 is 2.26 bits per heavy atom. The molecule has 164 valence electrons. The Bertz CT molecular complexity index is 1090. The van der Waals surface area contributed by atoms with Crippen LogP contribution in [0.2, 0.25) is 0 Å². The highest BCUT2D eigenvalue weighted by atomic mass is 32.2. The van der Waals surface area contributed by atoms with Crippen molar-refractivity contribution in [2.75, 3.05) is 26.2 Å². The van der Waals surface area contributed by atoms with Gasteiger partial charge in [0.05, 0.1) is 4.90 Å². The maximum absolute atomic E-state index is 12.8. The molecule has 0 spiro atoms. The number of sulfonamides is 1. The lowest BCUT2D eigenvalue weighted by atomic mass is 10.0. The van der Waals surface area contributed by atoms with Gasteiger partial charge in [0.2, 0.25) is 15.9 Å². The van der Waals surface area contributed by atoms with Crippen LogP contribution in [0.1, 0.15) is 46.3 Å². The molecule has 1 aliphatic heterocycles. The standard InChI is InChI=1S/C24H28N2O4S/c1-18-5-9-22(10-6-18)31(29,30)26-15-13-25(14-16-26)24(28)12-11-23(27)21-8-7-19-3-2-4-20(19)17-21/h5-10,17H,2-4,11-16H2,1H3. The molecule has 1 aliphatic carbocycles. The third-order valence-corrected chi connectivity index (χ3v) is 8.15. The van der Waals surface area contributed by atoms with Crippen molar-refractivity contribution in [3.63, 3.8) is 0 Å². The summed E-state index contributed by atoms with van der Waals surface area (Å²) in [7, 11) is -3.55. The van der Waals surface area contributed by atoms with Crippen molar-refractivity contribution in [3.8, 4) is 0 Å². The number of ketones is 1. The first-order valence-electron chi connectivity index (χ1n) is 10.8. The Balaban J connectivity index is 1.29. The monoisotopic (exact) mass is 440 g/mol. The van der Waals surface area contributed by atoms with E-state index in [-0.39, 0.29) is 42.5 Å². The van der Waals surface area contributed by atoms with E-state index in [1.165, 1.54) is 15.4 Å². The SMILES string of the molecule is Cc1ccc(S(=O)(=O)N2CCN(C(=O)CCC(=O)c3ccc4c(c3)CCC4)CC2)cc1. The molecule has 0 bridgehead atoms. The van der Waals surface area contributed by atoms with Crippen molar-refractivity contribution >= 4 is 21.7 Å². The van der Waals surface area contributed by atoms with Gasteiger partial charge in [0.25, 0.3) is 0 Å². The maximum atomic E-state index is 12.8. The Kier molecular flexibility index (Phi) is 6.25. The van der Waals surface area contributed by atoms with Crippen LogP contribution < -0.4 is 0 Å². The van der Waals surface area contributed by atoms with Gasteiger partial charge in [-0.3, -0.25) is 9.59 Å². The number of piperazine rings is 1. The summed E-state index contributed by atoms with van der Waals surface area (Å²) in [5.41, 5.74) is 4.26. The van der Waals surface area contributed by atoms with Gasteiger partial charge in [0.15, 0.2) is 5.78 Å². The summed E-state index contributed by atoms with van der Waals surface area (Å²) < 4.78 is 27.0. The fraction of sp³-hybridized carbons (Fsp3) is 0.417. The number of hydrogen-bond donors (Lipinski definition) is 0. The van der Waals surface area contributed by atoms with Gasteiger partial charge < -0.3 is 4.90 Å². The highest BCUT2D eigenvalue weighted by Gasteiger charge is 2.30. The largest absolute Gasteiger partial charge is 0.340 e. The Morgan fingerprint density at radius 2 is 1.55 bits per heavy atom. The first kappa shape index (κ1) is 21.7. The quantitative estimate of drug-likeness (QED) is 0.648. The van der Waals surface area contributed by atoms with Crippen LogP contribution in [0.4, 0.5) is 0 Å². The van der Waals surface area contributed by atoms with E-state index >= 15 is 0 Å². The minimum Gasteiger partial charge on any atom is -0.340 e. The van der Waals surface area contributed by atoms with Crippen LogP contribution in [0.25, 0.3) is 0 Å². The van der Waals surface area contributed by atoms with Crippen molar-refractivity contribution in [1.82, 2.24) is 9.21 Å². The van der Waals surface area contributed by atoms with Gasteiger partial charge >= 0.3 is 0 Å². The minimum absolute atomic E-state index is 0.0105. The lowest BCUT2D eigenvalue weighted by molar-refractivity contribution is -0.132. The van der Waals surface area contributed by atoms with Gasteiger partial charge in [-0.05, 0) is 55.5 Å². The van der Waals surface area contributed by atoms with E-state index in [0.29, 0.717) is 18.7 Å². The number of rotatable bonds is 6. The van der Waals surface area contributed by atoms with Crippen LogP contribution in [0.3, 0.4) is 0 Å². The van der Waals surface area contributed by atoms with E-state index in [1.807, 2.05) is 25.1 Å². The van der Waals surface area contributed by atoms with Gasteiger partial charge in [0, 0.05) is 44.6 Å². The number of aryl methyl sites for hydroxylation is 3. The van der Waals surface area contributed by atoms with Crippen molar-refractivity contribution < 1.29 is 18.0 Å². The molecule has 6 nitrogen and oxygen atoms in total. The summed E-state index contributed by atoms with van der Waals surface area (Å²) >= 11 is 0. The van der Waals surface area contributed by atoms with Crippen LogP contribution in [0, 0.1) is 6.92 Å². The average Bonchev–Trinajstić information content (AvgIpc) is 3.25. The molecule has 1 heterocycles. The van der Waals surface area contributed by atoms with Crippen LogP contribution in [0.5, 0.6) is 0 Å². The second kappa shape index (κ2) is 8.93. The fourth-order valence-corrected chi connectivity index (χ4v) is 5.73. The molecule has 0 aromatic heterocycles. The second-order valence-corrected chi connectivity index (χ2v) is 10.3. The van der Waals surface area contributed by atoms with Gasteiger partial charge in [-0.15, -0.1) is 0 Å². The lowest BCUT2D eigenvalue weighted by Crippen LogP contribution is -2.50. The van der Waals surface area contributed by atoms with E-state index in [0.717, 1.165) is 24.8 Å². The molecule has 4 rings (SSSR count). The van der Waals surface area contributed by atoms with Gasteiger partial charge in [-0.2, -0.15) is 4.31 Å². The van der Waals surface area contributed by atoms with Gasteiger partial charge in [-0.1, -0.05) is 29.8 Å². The summed E-state index contributed by atoms with van der Waals surface area (Å²) in [6.07, 6.45) is 3.57. The van der Waals surface area contributed by atoms with E-state index < -0.39 is 10.0 Å². The van der Waals surface area contributed by atoms with Gasteiger partial charge in [0.1, 0.15) is 0 Å². The molecular formula is C24H28N2O4S. The Morgan fingerprint density at radius 1 is 0.871 bits per heavy atom. The number of carbonyl (C=O) groups excluding carboxylic acids is 2. The van der Waals surface area contributed by atoms with E-state index in [2.05, 4.69) is 0 Å². The zero-order chi connectivity index (χ0) is 22.0. The predicted molar refractivity (Wildman–Crippen MR) is 119 cm³/mol. The molecule has 2 aromatic rings. The predicted octanol–water partition coefficient (Wildman–Crippen LogP) is 2.98. The van der Waals surface area contributed by atoms with E-state index in [9.17, 15) is 18.0 Å². The first-order valence-corrected chi connectivity index (χ1v) is 12.3. The molecule has 1 amide bonds. The zero-order valence-corrected chi connectivity index (χ0v) is 18.7. The molecule has 0 radical (unpaired) electrons. The number of hydrogen-bond acceptors (Lipinski definition) is 4. The summed E-state index contributed by atoms with van der Waals surface area (Å²) in [5.74, 6) is -0.106. The summed E-state index contributed by atoms with van der Waals surface area (Å²) in [4.78, 5) is 27.1. The van der Waals surface area contributed by atoms with Crippen LogP contribution >= 0.6 is 0 Å². The van der Waals surface area contributed by atoms with Crippen LogP contribution in [-0.2, 0) is 27.7 Å². The first-order chi connectivity index (χ1) is 14.8. The molecule has 2 aromatic carbocycles. The van der Waals surface area contributed by atoms with Crippen molar-refractivity contribution in [3.05, 3.63) is 64.7 Å². The van der Waals surface area contributed by atoms with Crippen molar-refractivity contribution in [2.24, 2.45) is 0 Å². The van der Waals surface area contributed by atoms with Gasteiger partial charge in [-0.25, -0.2) is 8.42 Å². The summed E-state index contributed by atoms with van der Waals surface area (Å²) in [6.45, 7) is 3.13. The average molecular weight is 441 g/mol. The molecule has 0 saturated carbocycles. The highest BCUT2D eigenvalue weighted by Crippen LogP contribution is 2.24. The molecular weight excluding hydrogens is 412 g/mol. The number of nitrogens with zero attached hydrogens (tertiary/aromatic N) is 2. The maximum Gasteiger partial charge on any atom is 0.243 e. The topological polar surface area (TPSA) is 74.8 Å². The smallest absolute Gasteiger partial charge is 0.243 e. The molecule has 0 unspecified atom stereocenters. The molecule has 31 heavy (non-hydrogen) atoms. The number of carbonyl (C=O) groups is 2. The normalized spacial score (nSPS) is 16.9. The number of benzene rings is 2. The Labute approximate surface area is 183 Å². The van der Waals surface area contributed by atoms with Crippen molar-refractivity contribution in [2.45, 2.75) is 43.9 Å². The third kappa shape index (κ3) is 4.72. The number of amides is 1. The third-order valence-electron chi connectivity index (χ3n) is 6.24. The molecule has 0 atom stereocenters. The second-order valence-electron chi connectivity index (χ2n) is 8.36. The lowest BCUT2D eigenvalue weighted by Gasteiger charge is -2.34. The highest BCUT2D eigenvalue weighted by molar-refractivity contribution is 7.89. The summed E-state index contributed by atoms with van der Waals surface area (Å²) in [5, 5.41) is 0. The number of fused-ring (bicyclic) bond motifs is 1. The molecule has 0 N–H and O–H groups in total. The molecule has 7 heteroatoms. The van der Waals surface area contributed by atoms with E-state index in [1.54, 1.807) is 29.2 Å². The van der Waals surface area contributed by atoms with E-state index in [4.69, 9.17) is 0 Å². The molecule has 1 saturated heterocycles. The Hall–Kier alpha value is -2.51. The van der Waals surface area contributed by atoms with Crippen molar-refractivity contribution in [1.29, 1.82) is 0 Å². The summed E-state index contributed by atoms with van der Waals surface area (Å²) in [6, 6.07) is 12.7. The molecule has 2 aliphatic rings. The number of Topliss-reactive ketones (excluding diaryl/α,β-unsaturated/α-hetero) is 1. The minimum atomic E-state index is -3.55. The molecule has 1 fully saturated rings. The fourth-order valence-electron chi connectivity index (χ4n) is 4.31. The zero-order valence-electron chi connectivity index (χ0n) is 17.8. The van der Waals surface area contributed by atoms with Crippen LogP contribution in [0.15, 0.2) is 47.4 Å².